The van der Waals surface area contributed by atoms with E-state index in [0.717, 1.165) is 12.1 Å². The Balaban J connectivity index is 2.04. The third kappa shape index (κ3) is 4.61. The first-order chi connectivity index (χ1) is 10.3. The van der Waals surface area contributed by atoms with Crippen molar-refractivity contribution in [2.75, 3.05) is 5.32 Å². The van der Waals surface area contributed by atoms with Crippen LogP contribution in [0.4, 0.5) is 27.6 Å². The number of ether oxygens (including phenoxy) is 1. The van der Waals surface area contributed by atoms with Gasteiger partial charge in [-0.2, -0.15) is 22.0 Å². The van der Waals surface area contributed by atoms with Gasteiger partial charge in [-0.15, -0.1) is 0 Å². The van der Waals surface area contributed by atoms with Crippen molar-refractivity contribution in [3.8, 4) is 5.75 Å². The Bertz CT molecular complexity index is 627. The normalized spacial score (nSPS) is 11.5. The van der Waals surface area contributed by atoms with E-state index in [2.05, 4.69) is 10.1 Å². The number of alkyl halides is 5. The van der Waals surface area contributed by atoms with E-state index < -0.39 is 18.4 Å². The van der Waals surface area contributed by atoms with E-state index in [1.54, 1.807) is 12.1 Å². The molecule has 0 spiro atoms. The van der Waals surface area contributed by atoms with Gasteiger partial charge >= 0.3 is 12.8 Å². The highest BCUT2D eigenvalue weighted by atomic mass is 19.4. The molecular weight excluding hydrogens is 305 g/mol. The SMILES string of the molecule is FC(F)Oc1cccc(NCc2cccc(C(F)(F)F)c2)c1. The number of halogens is 5. The lowest BCUT2D eigenvalue weighted by Gasteiger charge is -2.11. The molecule has 0 amide bonds. The van der Waals surface area contributed by atoms with Crippen LogP contribution in [0.3, 0.4) is 0 Å². The van der Waals surface area contributed by atoms with Gasteiger partial charge < -0.3 is 10.1 Å². The molecule has 1 N–H and O–H groups in total. The van der Waals surface area contributed by atoms with E-state index in [1.807, 2.05) is 0 Å². The van der Waals surface area contributed by atoms with Gasteiger partial charge in [0.2, 0.25) is 0 Å². The zero-order valence-corrected chi connectivity index (χ0v) is 11.2. The summed E-state index contributed by atoms with van der Waals surface area (Å²) in [5.74, 6) is -0.0240. The lowest BCUT2D eigenvalue weighted by molar-refractivity contribution is -0.137. The van der Waals surface area contributed by atoms with Crippen molar-refractivity contribution in [1.29, 1.82) is 0 Å². The summed E-state index contributed by atoms with van der Waals surface area (Å²) in [4.78, 5) is 0. The maximum atomic E-state index is 12.6. The summed E-state index contributed by atoms with van der Waals surface area (Å²) in [7, 11) is 0. The van der Waals surface area contributed by atoms with E-state index in [0.29, 0.717) is 11.3 Å². The van der Waals surface area contributed by atoms with Crippen LogP contribution in [-0.2, 0) is 12.7 Å². The maximum Gasteiger partial charge on any atom is 0.416 e. The van der Waals surface area contributed by atoms with E-state index in [4.69, 9.17) is 0 Å². The number of hydrogen-bond donors (Lipinski definition) is 1. The maximum absolute atomic E-state index is 12.6. The molecule has 0 saturated carbocycles. The van der Waals surface area contributed by atoms with Crippen LogP contribution in [0.1, 0.15) is 11.1 Å². The van der Waals surface area contributed by atoms with Crippen molar-refractivity contribution in [3.05, 3.63) is 59.7 Å². The predicted molar refractivity (Wildman–Crippen MR) is 71.8 cm³/mol. The van der Waals surface area contributed by atoms with Gasteiger partial charge in [-0.05, 0) is 29.8 Å². The number of hydrogen-bond acceptors (Lipinski definition) is 2. The smallest absolute Gasteiger partial charge is 0.416 e. The summed E-state index contributed by atoms with van der Waals surface area (Å²) in [5, 5.41) is 2.86. The summed E-state index contributed by atoms with van der Waals surface area (Å²) in [6.07, 6.45) is -4.40. The van der Waals surface area contributed by atoms with Crippen LogP contribution in [0.2, 0.25) is 0 Å². The molecule has 0 fully saturated rings. The van der Waals surface area contributed by atoms with E-state index in [9.17, 15) is 22.0 Å². The fourth-order valence-electron chi connectivity index (χ4n) is 1.84. The monoisotopic (exact) mass is 317 g/mol. The molecular formula is C15H12F5NO. The van der Waals surface area contributed by atoms with Gasteiger partial charge in [0.05, 0.1) is 5.56 Å². The lowest BCUT2D eigenvalue weighted by atomic mass is 10.1. The van der Waals surface area contributed by atoms with Crippen molar-refractivity contribution in [3.63, 3.8) is 0 Å². The second-order valence-electron chi connectivity index (χ2n) is 4.46. The number of rotatable bonds is 5. The van der Waals surface area contributed by atoms with Crippen LogP contribution in [-0.4, -0.2) is 6.61 Å². The Labute approximate surface area is 123 Å². The highest BCUT2D eigenvalue weighted by molar-refractivity contribution is 5.48. The number of benzene rings is 2. The molecule has 7 heteroatoms. The predicted octanol–water partition coefficient (Wildman–Crippen LogP) is 4.92. The molecule has 2 nitrogen and oxygen atoms in total. The molecule has 0 unspecified atom stereocenters. The summed E-state index contributed by atoms with van der Waals surface area (Å²) >= 11 is 0. The van der Waals surface area contributed by atoms with Gasteiger partial charge in [0.25, 0.3) is 0 Å². The average Bonchev–Trinajstić information content (AvgIpc) is 2.44. The van der Waals surface area contributed by atoms with Crippen molar-refractivity contribution in [2.24, 2.45) is 0 Å². The molecule has 0 aliphatic heterocycles. The molecule has 2 rings (SSSR count). The number of anilines is 1. The first-order valence-electron chi connectivity index (χ1n) is 6.29. The van der Waals surface area contributed by atoms with Crippen LogP contribution >= 0.6 is 0 Å². The minimum absolute atomic E-state index is 0.0240. The second-order valence-corrected chi connectivity index (χ2v) is 4.46. The minimum atomic E-state index is -4.40. The van der Waals surface area contributed by atoms with Gasteiger partial charge in [-0.1, -0.05) is 18.2 Å². The van der Waals surface area contributed by atoms with Gasteiger partial charge in [0.15, 0.2) is 0 Å². The fraction of sp³-hybridized carbons (Fsp3) is 0.200. The van der Waals surface area contributed by atoms with Crippen LogP contribution in [0.15, 0.2) is 48.5 Å². The molecule has 0 radical (unpaired) electrons. The Hall–Kier alpha value is -2.31. The Morgan fingerprint density at radius 3 is 2.41 bits per heavy atom. The lowest BCUT2D eigenvalue weighted by Crippen LogP contribution is -2.07. The Morgan fingerprint density at radius 1 is 1.00 bits per heavy atom. The molecule has 0 bridgehead atoms. The highest BCUT2D eigenvalue weighted by Gasteiger charge is 2.30. The van der Waals surface area contributed by atoms with Crippen LogP contribution in [0.25, 0.3) is 0 Å². The molecule has 118 valence electrons. The van der Waals surface area contributed by atoms with Gasteiger partial charge in [0.1, 0.15) is 5.75 Å². The largest absolute Gasteiger partial charge is 0.435 e. The molecule has 0 aliphatic rings. The topological polar surface area (TPSA) is 21.3 Å². The molecule has 0 heterocycles. The van der Waals surface area contributed by atoms with Crippen molar-refractivity contribution in [1.82, 2.24) is 0 Å². The summed E-state index contributed by atoms with van der Waals surface area (Å²) in [6, 6.07) is 10.7. The van der Waals surface area contributed by atoms with Crippen molar-refractivity contribution < 1.29 is 26.7 Å². The summed E-state index contributed by atoms with van der Waals surface area (Å²) < 4.78 is 66.3. The number of nitrogens with one attached hydrogen (secondary N) is 1. The summed E-state index contributed by atoms with van der Waals surface area (Å²) in [5.41, 5.74) is 0.159. The average molecular weight is 317 g/mol. The molecule has 0 atom stereocenters. The fourth-order valence-corrected chi connectivity index (χ4v) is 1.84. The molecule has 2 aromatic rings. The second kappa shape index (κ2) is 6.64. The van der Waals surface area contributed by atoms with E-state index in [-0.39, 0.29) is 12.3 Å². The standard InChI is InChI=1S/C15H12F5NO/c16-14(17)22-13-6-2-5-12(8-13)21-9-10-3-1-4-11(7-10)15(18,19)20/h1-8,14,21H,9H2. The summed E-state index contributed by atoms with van der Waals surface area (Å²) in [6.45, 7) is -2.80. The molecule has 0 aromatic heterocycles. The zero-order chi connectivity index (χ0) is 16.2. The quantitative estimate of drug-likeness (QED) is 0.790. The molecule has 0 aliphatic carbocycles. The van der Waals surface area contributed by atoms with Crippen molar-refractivity contribution in [2.45, 2.75) is 19.3 Å². The highest BCUT2D eigenvalue weighted by Crippen LogP contribution is 2.29. The Kier molecular flexibility index (Phi) is 4.85. The Morgan fingerprint density at radius 2 is 1.73 bits per heavy atom. The third-order valence-electron chi connectivity index (χ3n) is 2.81. The third-order valence-corrected chi connectivity index (χ3v) is 2.81. The van der Waals surface area contributed by atoms with E-state index >= 15 is 0 Å². The van der Waals surface area contributed by atoms with Crippen molar-refractivity contribution >= 4 is 5.69 Å². The molecule has 0 saturated heterocycles. The molecule has 2 aromatic carbocycles. The molecule has 22 heavy (non-hydrogen) atoms. The van der Waals surface area contributed by atoms with E-state index in [1.165, 1.54) is 24.3 Å². The first-order valence-corrected chi connectivity index (χ1v) is 6.29. The first kappa shape index (κ1) is 16.1. The van der Waals surface area contributed by atoms with Crippen LogP contribution in [0, 0.1) is 0 Å². The van der Waals surface area contributed by atoms with Crippen LogP contribution < -0.4 is 10.1 Å². The van der Waals surface area contributed by atoms with Gasteiger partial charge in [-0.25, -0.2) is 0 Å². The van der Waals surface area contributed by atoms with Crippen LogP contribution in [0.5, 0.6) is 5.75 Å². The van der Waals surface area contributed by atoms with Gasteiger partial charge in [0, 0.05) is 18.3 Å². The minimum Gasteiger partial charge on any atom is -0.435 e. The zero-order valence-electron chi connectivity index (χ0n) is 11.2. The van der Waals surface area contributed by atoms with Gasteiger partial charge in [-0.3, -0.25) is 0 Å².